The summed E-state index contributed by atoms with van der Waals surface area (Å²) >= 11 is 0. The lowest BCUT2D eigenvalue weighted by molar-refractivity contribution is -0.123. The van der Waals surface area contributed by atoms with Crippen molar-refractivity contribution in [2.75, 3.05) is 42.0 Å². The highest BCUT2D eigenvalue weighted by Crippen LogP contribution is 2.48. The fourth-order valence-corrected chi connectivity index (χ4v) is 7.88. The average Bonchev–Trinajstić information content (AvgIpc) is 3.77. The van der Waals surface area contributed by atoms with Crippen molar-refractivity contribution in [1.82, 2.24) is 0 Å². The van der Waals surface area contributed by atoms with Gasteiger partial charge in [-0.2, -0.15) is 0 Å². The van der Waals surface area contributed by atoms with Gasteiger partial charge in [0.1, 0.15) is 22.7 Å². The zero-order valence-electron chi connectivity index (χ0n) is 31.2. The van der Waals surface area contributed by atoms with Crippen LogP contribution in [-0.4, -0.2) is 64.8 Å². The van der Waals surface area contributed by atoms with Crippen LogP contribution in [-0.2, 0) is 41.4 Å². The Morgan fingerprint density at radius 1 is 0.673 bits per heavy atom. The van der Waals surface area contributed by atoms with Gasteiger partial charge in [-0.15, -0.1) is 13.2 Å². The van der Waals surface area contributed by atoms with E-state index in [9.17, 15) is 9.59 Å². The Balaban J connectivity index is 0.000000201. The van der Waals surface area contributed by atoms with Gasteiger partial charge in [0.25, 0.3) is 0 Å². The van der Waals surface area contributed by atoms with Crippen molar-refractivity contribution in [1.29, 1.82) is 0 Å². The van der Waals surface area contributed by atoms with Crippen LogP contribution in [0.15, 0.2) is 85.4 Å². The van der Waals surface area contributed by atoms with Gasteiger partial charge in [0, 0.05) is 24.0 Å². The molecule has 10 heteroatoms. The molecule has 0 amide bonds. The molecule has 2 aromatic rings. The molecule has 2 saturated heterocycles. The molecular formula is C42H52O10. The fourth-order valence-electron chi connectivity index (χ4n) is 7.88. The summed E-state index contributed by atoms with van der Waals surface area (Å²) in [4.78, 5) is 24.6. The minimum Gasteiger partial charge on any atom is -0.493 e. The van der Waals surface area contributed by atoms with Crippen molar-refractivity contribution in [3.05, 3.63) is 96.5 Å². The molecule has 6 rings (SSSR count). The van der Waals surface area contributed by atoms with E-state index in [2.05, 4.69) is 27.0 Å². The van der Waals surface area contributed by atoms with Crippen molar-refractivity contribution < 1.29 is 47.5 Å². The molecule has 2 aliphatic carbocycles. The number of carbonyl (C=O) groups is 2. The van der Waals surface area contributed by atoms with Gasteiger partial charge in [-0.05, 0) is 85.8 Å². The highest BCUT2D eigenvalue weighted by molar-refractivity contribution is 5.94. The summed E-state index contributed by atoms with van der Waals surface area (Å²) in [7, 11) is 6.51. The van der Waals surface area contributed by atoms with Crippen molar-refractivity contribution in [3.63, 3.8) is 0 Å². The van der Waals surface area contributed by atoms with E-state index in [1.54, 1.807) is 52.7 Å². The number of fused-ring (bicyclic) bond motifs is 2. The van der Waals surface area contributed by atoms with E-state index >= 15 is 0 Å². The predicted octanol–water partition coefficient (Wildman–Crippen LogP) is 7.35. The minimum atomic E-state index is -0.561. The third-order valence-corrected chi connectivity index (χ3v) is 10.8. The van der Waals surface area contributed by atoms with E-state index in [1.807, 2.05) is 36.4 Å². The van der Waals surface area contributed by atoms with Gasteiger partial charge in [0.15, 0.2) is 48.2 Å². The lowest BCUT2D eigenvalue weighted by Crippen LogP contribution is -2.44. The molecule has 2 aromatic carbocycles. The molecule has 6 atom stereocenters. The summed E-state index contributed by atoms with van der Waals surface area (Å²) < 4.78 is 44.9. The number of hydrogen-bond donors (Lipinski definition) is 0. The SMILES string of the molecule is C=CC[C@H]1C[C@]2([C@@H](C)Cc3ccc(OC)c(OC)c3)OCOC2=CC1=O.C=CC[C@H]1C[C@]2([C@H](C)Cc3ccc(OC)c(OC)c3)OCOC2=CC1=O. The quantitative estimate of drug-likeness (QED) is 0.184. The van der Waals surface area contributed by atoms with E-state index in [-0.39, 0.29) is 48.8 Å². The predicted molar refractivity (Wildman–Crippen MR) is 196 cm³/mol. The first-order valence-corrected chi connectivity index (χ1v) is 17.8. The Morgan fingerprint density at radius 3 is 1.40 bits per heavy atom. The third kappa shape index (κ3) is 7.78. The first-order valence-electron chi connectivity index (χ1n) is 17.8. The van der Waals surface area contributed by atoms with Gasteiger partial charge in [0.2, 0.25) is 0 Å². The van der Waals surface area contributed by atoms with Crippen LogP contribution in [0.4, 0.5) is 0 Å². The van der Waals surface area contributed by atoms with Gasteiger partial charge >= 0.3 is 0 Å². The number of benzene rings is 2. The Morgan fingerprint density at radius 2 is 1.06 bits per heavy atom. The van der Waals surface area contributed by atoms with Crippen LogP contribution in [0.2, 0.25) is 0 Å². The number of rotatable bonds is 14. The summed E-state index contributed by atoms with van der Waals surface area (Å²) in [5.41, 5.74) is 1.12. The van der Waals surface area contributed by atoms with Gasteiger partial charge in [-0.25, -0.2) is 0 Å². The number of methoxy groups -OCH3 is 4. The second-order valence-corrected chi connectivity index (χ2v) is 13.9. The van der Waals surface area contributed by atoms with Gasteiger partial charge in [-0.1, -0.05) is 38.1 Å². The van der Waals surface area contributed by atoms with E-state index in [4.69, 9.17) is 37.9 Å². The summed E-state index contributed by atoms with van der Waals surface area (Å²) in [6.45, 7) is 12.2. The molecule has 10 nitrogen and oxygen atoms in total. The number of ether oxygens (including phenoxy) is 8. The molecule has 0 aromatic heterocycles. The van der Waals surface area contributed by atoms with Crippen LogP contribution in [0.1, 0.15) is 50.7 Å². The topological polar surface area (TPSA) is 108 Å². The zero-order valence-corrected chi connectivity index (χ0v) is 31.2. The summed E-state index contributed by atoms with van der Waals surface area (Å²) in [6, 6.07) is 11.9. The highest BCUT2D eigenvalue weighted by Gasteiger charge is 2.52. The third-order valence-electron chi connectivity index (χ3n) is 10.8. The maximum atomic E-state index is 12.3. The standard InChI is InChI=1S/2C21H26O5/c2*1-5-6-16-12-21(20(11-17(16)22)25-13-26-21)14(2)9-15-7-8-18(23-3)19(10-15)24-4/h2*5,7-8,10-11,14,16H,1,6,9,12-13H2,2-4H3/t14-,16+,21-;14-,16-,21+/m10/s1. The van der Waals surface area contributed by atoms with Crippen molar-refractivity contribution in [2.45, 2.75) is 63.6 Å². The number of carbonyl (C=O) groups excluding carboxylic acids is 2. The van der Waals surface area contributed by atoms with Crippen molar-refractivity contribution >= 4 is 11.6 Å². The smallest absolute Gasteiger partial charge is 0.189 e. The van der Waals surface area contributed by atoms with Crippen LogP contribution in [0.3, 0.4) is 0 Å². The highest BCUT2D eigenvalue weighted by atomic mass is 16.7. The number of ketones is 2. The molecule has 0 bridgehead atoms. The Labute approximate surface area is 307 Å². The summed E-state index contributed by atoms with van der Waals surface area (Å²) in [5, 5.41) is 0. The maximum Gasteiger partial charge on any atom is 0.189 e. The molecule has 0 unspecified atom stereocenters. The molecule has 0 spiro atoms. The molecule has 2 fully saturated rings. The molecule has 4 aliphatic rings. The molecule has 2 aliphatic heterocycles. The monoisotopic (exact) mass is 716 g/mol. The van der Waals surface area contributed by atoms with E-state index < -0.39 is 11.2 Å². The van der Waals surface area contributed by atoms with Crippen LogP contribution in [0.5, 0.6) is 23.0 Å². The van der Waals surface area contributed by atoms with Crippen LogP contribution >= 0.6 is 0 Å². The number of hydrogen-bond acceptors (Lipinski definition) is 10. The molecular weight excluding hydrogens is 664 g/mol. The molecule has 2 heterocycles. The van der Waals surface area contributed by atoms with Gasteiger partial charge < -0.3 is 37.9 Å². The van der Waals surface area contributed by atoms with Crippen LogP contribution < -0.4 is 18.9 Å². The first-order chi connectivity index (χ1) is 25.1. The van der Waals surface area contributed by atoms with E-state index in [1.165, 1.54) is 0 Å². The Hall–Kier alpha value is -4.54. The first kappa shape index (κ1) is 38.7. The largest absolute Gasteiger partial charge is 0.493 e. The van der Waals surface area contributed by atoms with E-state index in [0.717, 1.165) is 24.0 Å². The van der Waals surface area contributed by atoms with Gasteiger partial charge in [-0.3, -0.25) is 9.59 Å². The minimum absolute atomic E-state index is 0.0966. The summed E-state index contributed by atoms with van der Waals surface area (Å²) in [5.74, 6) is 4.40. The lowest BCUT2D eigenvalue weighted by Gasteiger charge is -2.38. The number of allylic oxidation sites excluding steroid dienone is 4. The fraction of sp³-hybridized carbons (Fsp3) is 0.476. The molecule has 0 N–H and O–H groups in total. The Kier molecular flexibility index (Phi) is 12.5. The molecule has 0 saturated carbocycles. The molecule has 0 radical (unpaired) electrons. The zero-order chi connectivity index (χ0) is 37.5. The van der Waals surface area contributed by atoms with Gasteiger partial charge in [0.05, 0.1) is 28.4 Å². The van der Waals surface area contributed by atoms with Crippen molar-refractivity contribution in [3.8, 4) is 23.0 Å². The molecule has 52 heavy (non-hydrogen) atoms. The molecule has 280 valence electrons. The van der Waals surface area contributed by atoms with Crippen LogP contribution in [0, 0.1) is 23.7 Å². The van der Waals surface area contributed by atoms with Crippen LogP contribution in [0.25, 0.3) is 0 Å². The second kappa shape index (κ2) is 16.9. The average molecular weight is 717 g/mol. The Bertz CT molecular complexity index is 1570. The second-order valence-electron chi connectivity index (χ2n) is 13.9. The lowest BCUT2D eigenvalue weighted by atomic mass is 9.71. The van der Waals surface area contributed by atoms with Crippen molar-refractivity contribution in [2.24, 2.45) is 23.7 Å². The maximum absolute atomic E-state index is 12.3. The van der Waals surface area contributed by atoms with E-state index in [0.29, 0.717) is 60.2 Å². The normalized spacial score (nSPS) is 25.7. The summed E-state index contributed by atoms with van der Waals surface area (Å²) in [6.07, 6.45) is 10.9.